The third-order valence-corrected chi connectivity index (χ3v) is 2.76. The highest BCUT2D eigenvalue weighted by Crippen LogP contribution is 2.25. The maximum atomic E-state index is 11.4. The van der Waals surface area contributed by atoms with Gasteiger partial charge in [-0.2, -0.15) is 0 Å². The normalized spacial score (nSPS) is 12.1. The van der Waals surface area contributed by atoms with Crippen molar-refractivity contribution >= 4 is 5.97 Å². The molecular weight excluding hydrogens is 212 g/mol. The highest BCUT2D eigenvalue weighted by molar-refractivity contribution is 5.80. The van der Waals surface area contributed by atoms with Gasteiger partial charge in [0, 0.05) is 0 Å². The number of aliphatic carboxylic acids is 1. The molecule has 2 rings (SSSR count). The van der Waals surface area contributed by atoms with Gasteiger partial charge in [-0.3, -0.25) is 4.79 Å². The summed E-state index contributed by atoms with van der Waals surface area (Å²) in [6.45, 7) is 1.97. The van der Waals surface area contributed by atoms with Crippen molar-refractivity contribution in [2.45, 2.75) is 12.8 Å². The Kier molecular flexibility index (Phi) is 3.24. The summed E-state index contributed by atoms with van der Waals surface area (Å²) < 4.78 is 0. The van der Waals surface area contributed by atoms with Gasteiger partial charge in [0.1, 0.15) is 5.92 Å². The van der Waals surface area contributed by atoms with Crippen LogP contribution in [0.5, 0.6) is 0 Å². The van der Waals surface area contributed by atoms with Gasteiger partial charge in [-0.15, -0.1) is 0 Å². The lowest BCUT2D eigenvalue weighted by Crippen LogP contribution is -2.13. The first-order valence-corrected chi connectivity index (χ1v) is 5.53. The number of benzene rings is 2. The van der Waals surface area contributed by atoms with E-state index < -0.39 is 11.9 Å². The zero-order valence-corrected chi connectivity index (χ0v) is 9.63. The third kappa shape index (κ3) is 2.53. The Morgan fingerprint density at radius 1 is 1.00 bits per heavy atom. The molecule has 2 aromatic carbocycles. The minimum atomic E-state index is -0.818. The molecule has 0 saturated heterocycles. The molecule has 0 radical (unpaired) electrons. The van der Waals surface area contributed by atoms with Crippen LogP contribution in [-0.4, -0.2) is 11.1 Å². The summed E-state index contributed by atoms with van der Waals surface area (Å²) in [5.41, 5.74) is 2.71. The molecule has 2 nitrogen and oxygen atoms in total. The molecule has 0 amide bonds. The van der Waals surface area contributed by atoms with E-state index in [0.29, 0.717) is 0 Å². The lowest BCUT2D eigenvalue weighted by Gasteiger charge is -2.13. The van der Waals surface area contributed by atoms with E-state index in [1.807, 2.05) is 61.5 Å². The zero-order chi connectivity index (χ0) is 12.3. The standard InChI is InChI=1S/C15H14O2/c1-11-6-5-9-13(10-11)14(15(16)17)12-7-3-2-4-8-12/h2-10,14H,1H3,(H,16,17)/t14-/m0/s1. The minimum Gasteiger partial charge on any atom is -0.481 e. The molecular formula is C15H14O2. The van der Waals surface area contributed by atoms with E-state index in [1.54, 1.807) is 0 Å². The Hall–Kier alpha value is -2.09. The summed E-state index contributed by atoms with van der Waals surface area (Å²) in [5, 5.41) is 9.37. The van der Waals surface area contributed by atoms with Gasteiger partial charge < -0.3 is 5.11 Å². The van der Waals surface area contributed by atoms with Crippen LogP contribution >= 0.6 is 0 Å². The van der Waals surface area contributed by atoms with Gasteiger partial charge in [0.15, 0.2) is 0 Å². The molecule has 0 aliphatic carbocycles. The Morgan fingerprint density at radius 3 is 2.24 bits per heavy atom. The van der Waals surface area contributed by atoms with Gasteiger partial charge in [-0.05, 0) is 18.1 Å². The van der Waals surface area contributed by atoms with Gasteiger partial charge in [0.05, 0.1) is 0 Å². The highest BCUT2D eigenvalue weighted by Gasteiger charge is 2.21. The number of aryl methyl sites for hydroxylation is 1. The maximum Gasteiger partial charge on any atom is 0.315 e. The molecule has 17 heavy (non-hydrogen) atoms. The average molecular weight is 226 g/mol. The van der Waals surface area contributed by atoms with Crippen LogP contribution in [-0.2, 0) is 4.79 Å². The summed E-state index contributed by atoms with van der Waals surface area (Å²) >= 11 is 0. The SMILES string of the molecule is Cc1cccc([C@@H](C(=O)O)c2ccccc2)c1. The van der Waals surface area contributed by atoms with Crippen molar-refractivity contribution in [1.29, 1.82) is 0 Å². The fourth-order valence-electron chi connectivity index (χ4n) is 1.97. The van der Waals surface area contributed by atoms with E-state index in [1.165, 1.54) is 0 Å². The van der Waals surface area contributed by atoms with E-state index in [9.17, 15) is 9.90 Å². The average Bonchev–Trinajstić information content (AvgIpc) is 2.30. The van der Waals surface area contributed by atoms with Gasteiger partial charge in [-0.25, -0.2) is 0 Å². The quantitative estimate of drug-likeness (QED) is 0.872. The van der Waals surface area contributed by atoms with Crippen molar-refractivity contribution in [1.82, 2.24) is 0 Å². The minimum absolute atomic E-state index is 0.587. The van der Waals surface area contributed by atoms with E-state index in [2.05, 4.69) is 0 Å². The molecule has 0 fully saturated rings. The smallest absolute Gasteiger partial charge is 0.315 e. The maximum absolute atomic E-state index is 11.4. The molecule has 0 unspecified atom stereocenters. The van der Waals surface area contributed by atoms with Crippen molar-refractivity contribution in [3.05, 3.63) is 71.3 Å². The number of rotatable bonds is 3. The van der Waals surface area contributed by atoms with Crippen molar-refractivity contribution in [3.8, 4) is 0 Å². The third-order valence-electron chi connectivity index (χ3n) is 2.76. The second-order valence-electron chi connectivity index (χ2n) is 4.10. The van der Waals surface area contributed by atoms with Crippen molar-refractivity contribution in [3.63, 3.8) is 0 Å². The largest absolute Gasteiger partial charge is 0.481 e. The predicted octanol–water partition coefficient (Wildman–Crippen LogP) is 3.21. The Bertz CT molecular complexity index is 517. The molecule has 0 aliphatic rings. The van der Waals surface area contributed by atoms with E-state index in [4.69, 9.17) is 0 Å². The molecule has 1 N–H and O–H groups in total. The van der Waals surface area contributed by atoms with E-state index >= 15 is 0 Å². The first kappa shape index (κ1) is 11.4. The van der Waals surface area contributed by atoms with Crippen LogP contribution in [0.25, 0.3) is 0 Å². The van der Waals surface area contributed by atoms with Crippen LogP contribution in [0.2, 0.25) is 0 Å². The fourth-order valence-corrected chi connectivity index (χ4v) is 1.97. The Morgan fingerprint density at radius 2 is 1.65 bits per heavy atom. The molecule has 0 saturated carbocycles. The summed E-state index contributed by atoms with van der Waals surface area (Å²) in [5.74, 6) is -1.40. The number of hydrogen-bond acceptors (Lipinski definition) is 1. The van der Waals surface area contributed by atoms with E-state index in [-0.39, 0.29) is 0 Å². The van der Waals surface area contributed by atoms with Gasteiger partial charge >= 0.3 is 5.97 Å². The Balaban J connectivity index is 2.47. The lowest BCUT2D eigenvalue weighted by atomic mass is 9.91. The monoisotopic (exact) mass is 226 g/mol. The molecule has 0 spiro atoms. The van der Waals surface area contributed by atoms with Crippen LogP contribution in [0.3, 0.4) is 0 Å². The second-order valence-corrected chi connectivity index (χ2v) is 4.10. The molecule has 0 heterocycles. The van der Waals surface area contributed by atoms with Crippen molar-refractivity contribution in [2.24, 2.45) is 0 Å². The first-order chi connectivity index (χ1) is 8.18. The summed E-state index contributed by atoms with van der Waals surface area (Å²) in [4.78, 5) is 11.4. The van der Waals surface area contributed by atoms with Crippen LogP contribution in [0.15, 0.2) is 54.6 Å². The van der Waals surface area contributed by atoms with Gasteiger partial charge in [-0.1, -0.05) is 60.2 Å². The predicted molar refractivity (Wildman–Crippen MR) is 67.1 cm³/mol. The molecule has 1 atom stereocenters. The van der Waals surface area contributed by atoms with Crippen LogP contribution in [0.4, 0.5) is 0 Å². The molecule has 0 bridgehead atoms. The lowest BCUT2D eigenvalue weighted by molar-refractivity contribution is -0.137. The summed E-state index contributed by atoms with van der Waals surface area (Å²) in [6.07, 6.45) is 0. The van der Waals surface area contributed by atoms with Crippen LogP contribution < -0.4 is 0 Å². The number of hydrogen-bond donors (Lipinski definition) is 1. The van der Waals surface area contributed by atoms with Gasteiger partial charge in [0.2, 0.25) is 0 Å². The molecule has 86 valence electrons. The van der Waals surface area contributed by atoms with Crippen molar-refractivity contribution in [2.75, 3.05) is 0 Å². The van der Waals surface area contributed by atoms with Crippen molar-refractivity contribution < 1.29 is 9.90 Å². The molecule has 0 aromatic heterocycles. The van der Waals surface area contributed by atoms with Crippen LogP contribution in [0, 0.1) is 6.92 Å². The first-order valence-electron chi connectivity index (χ1n) is 5.53. The fraction of sp³-hybridized carbons (Fsp3) is 0.133. The number of carboxylic acid groups (broad SMARTS) is 1. The van der Waals surface area contributed by atoms with E-state index in [0.717, 1.165) is 16.7 Å². The van der Waals surface area contributed by atoms with Gasteiger partial charge in [0.25, 0.3) is 0 Å². The number of carbonyl (C=O) groups is 1. The molecule has 2 heteroatoms. The molecule has 2 aromatic rings. The topological polar surface area (TPSA) is 37.3 Å². The zero-order valence-electron chi connectivity index (χ0n) is 9.63. The molecule has 0 aliphatic heterocycles. The second kappa shape index (κ2) is 4.83. The Labute approximate surface area is 101 Å². The van der Waals surface area contributed by atoms with Crippen LogP contribution in [0.1, 0.15) is 22.6 Å². The summed E-state index contributed by atoms with van der Waals surface area (Å²) in [7, 11) is 0. The summed E-state index contributed by atoms with van der Waals surface area (Å²) in [6, 6.07) is 16.9. The number of carboxylic acids is 1. The highest BCUT2D eigenvalue weighted by atomic mass is 16.4.